The topological polar surface area (TPSA) is 106 Å². The number of methoxy groups -OCH3 is 1. The van der Waals surface area contributed by atoms with Gasteiger partial charge in [0, 0.05) is 12.1 Å². The molecule has 1 aliphatic rings. The summed E-state index contributed by atoms with van der Waals surface area (Å²) in [4.78, 5) is 25.0. The number of rotatable bonds is 7. The van der Waals surface area contributed by atoms with Gasteiger partial charge in [-0.15, -0.1) is 0 Å². The van der Waals surface area contributed by atoms with Crippen molar-refractivity contribution in [2.75, 3.05) is 7.11 Å². The number of amides is 1. The molecule has 0 bridgehead atoms. The summed E-state index contributed by atoms with van der Waals surface area (Å²) < 4.78 is 12.6. The molecule has 0 radical (unpaired) electrons. The quantitative estimate of drug-likeness (QED) is 0.556. The first-order chi connectivity index (χ1) is 16.1. The Morgan fingerprint density at radius 2 is 1.79 bits per heavy atom. The molecule has 168 valence electrons. The summed E-state index contributed by atoms with van der Waals surface area (Å²) in [5.41, 5.74) is 3.24. The van der Waals surface area contributed by atoms with Gasteiger partial charge in [-0.05, 0) is 61.2 Å². The van der Waals surface area contributed by atoms with Gasteiger partial charge >= 0.3 is 5.97 Å². The van der Waals surface area contributed by atoms with Crippen LogP contribution in [0.1, 0.15) is 50.5 Å². The average Bonchev–Trinajstić information content (AvgIpc) is 3.22. The van der Waals surface area contributed by atoms with Crippen molar-refractivity contribution in [3.63, 3.8) is 0 Å². The fourth-order valence-electron chi connectivity index (χ4n) is 3.85. The highest BCUT2D eigenvalue weighted by Gasteiger charge is 2.26. The Kier molecular flexibility index (Phi) is 6.69. The number of aryl methyl sites for hydroxylation is 1. The average molecular weight is 444 g/mol. The molecule has 0 atom stereocenters. The normalized spacial score (nSPS) is 12.4. The van der Waals surface area contributed by atoms with E-state index in [2.05, 4.69) is 16.5 Å². The van der Waals surface area contributed by atoms with Gasteiger partial charge in [0.15, 0.2) is 0 Å². The van der Waals surface area contributed by atoms with Gasteiger partial charge in [0.25, 0.3) is 5.91 Å². The minimum absolute atomic E-state index is 0.135. The smallest absolute Gasteiger partial charge is 0.341 e. The van der Waals surface area contributed by atoms with Gasteiger partial charge in [-0.25, -0.2) is 4.79 Å². The molecule has 0 saturated heterocycles. The van der Waals surface area contributed by atoms with Gasteiger partial charge in [-0.2, -0.15) is 10.4 Å². The number of hydrogen-bond acceptors (Lipinski definition) is 6. The van der Waals surface area contributed by atoms with Crippen LogP contribution in [0.5, 0.6) is 11.5 Å². The van der Waals surface area contributed by atoms with Crippen molar-refractivity contribution >= 4 is 11.9 Å². The number of hydrogen-bond donors (Lipinski definition) is 1. The van der Waals surface area contributed by atoms with Crippen LogP contribution in [0.2, 0.25) is 0 Å². The zero-order valence-corrected chi connectivity index (χ0v) is 18.3. The summed E-state index contributed by atoms with van der Waals surface area (Å²) >= 11 is 0. The van der Waals surface area contributed by atoms with Crippen molar-refractivity contribution in [1.29, 1.82) is 5.26 Å². The van der Waals surface area contributed by atoms with Crippen LogP contribution in [0.3, 0.4) is 0 Å². The molecule has 0 aliphatic carbocycles. The second-order valence-corrected chi connectivity index (χ2v) is 7.73. The molecule has 0 saturated carbocycles. The third-order valence-corrected chi connectivity index (χ3v) is 5.53. The molecule has 1 N–H and O–H groups in total. The Hall–Kier alpha value is -4.12. The maximum Gasteiger partial charge on any atom is 0.341 e. The van der Waals surface area contributed by atoms with Crippen LogP contribution in [0.25, 0.3) is 0 Å². The Morgan fingerprint density at radius 3 is 2.45 bits per heavy atom. The number of fused-ring (bicyclic) bond motifs is 1. The standard InChI is InChI=1S/C25H24N4O4/c1-32-25(31)23-21(28-29-15-3-2-4-22(23)29)16-27-24(30)18-7-11-20(12-8-18)33-19-9-5-17(6-10-19)13-14-26/h5-12H,2-4,13,15-16H2,1H3,(H,27,30). The number of benzene rings is 2. The van der Waals surface area contributed by atoms with Gasteiger partial charge in [-0.1, -0.05) is 12.1 Å². The van der Waals surface area contributed by atoms with Crippen molar-refractivity contribution in [3.05, 3.63) is 76.6 Å². The fourth-order valence-corrected chi connectivity index (χ4v) is 3.85. The van der Waals surface area contributed by atoms with Gasteiger partial charge < -0.3 is 14.8 Å². The molecule has 8 heteroatoms. The second-order valence-electron chi connectivity index (χ2n) is 7.73. The molecule has 0 spiro atoms. The van der Waals surface area contributed by atoms with Gasteiger partial charge in [0.1, 0.15) is 17.1 Å². The molecule has 3 aromatic rings. The van der Waals surface area contributed by atoms with E-state index in [-0.39, 0.29) is 12.5 Å². The lowest BCUT2D eigenvalue weighted by Crippen LogP contribution is -2.24. The summed E-state index contributed by atoms with van der Waals surface area (Å²) in [6.45, 7) is 0.895. The molecular weight excluding hydrogens is 420 g/mol. The van der Waals surface area contributed by atoms with Crippen LogP contribution in [0.15, 0.2) is 48.5 Å². The number of nitrogens with one attached hydrogen (secondary N) is 1. The van der Waals surface area contributed by atoms with E-state index < -0.39 is 5.97 Å². The van der Waals surface area contributed by atoms with E-state index in [0.29, 0.717) is 34.7 Å². The van der Waals surface area contributed by atoms with E-state index in [1.165, 1.54) is 7.11 Å². The Balaban J connectivity index is 1.40. The van der Waals surface area contributed by atoms with Gasteiger partial charge in [-0.3, -0.25) is 9.48 Å². The molecule has 0 fully saturated rings. The van der Waals surface area contributed by atoms with Crippen LogP contribution < -0.4 is 10.1 Å². The molecule has 1 aliphatic heterocycles. The predicted molar refractivity (Wildman–Crippen MR) is 120 cm³/mol. The molecule has 33 heavy (non-hydrogen) atoms. The molecule has 4 rings (SSSR count). The minimum atomic E-state index is -0.426. The van der Waals surface area contributed by atoms with Crippen LogP contribution in [-0.4, -0.2) is 28.8 Å². The number of esters is 1. The van der Waals surface area contributed by atoms with E-state index in [1.807, 2.05) is 16.8 Å². The van der Waals surface area contributed by atoms with Crippen LogP contribution in [-0.2, 0) is 30.7 Å². The van der Waals surface area contributed by atoms with Crippen LogP contribution in [0.4, 0.5) is 0 Å². The summed E-state index contributed by atoms with van der Waals surface area (Å²) in [6, 6.07) is 16.2. The first kappa shape index (κ1) is 22.1. The SMILES string of the molecule is COC(=O)c1c(CNC(=O)c2ccc(Oc3ccc(CC#N)cc3)cc2)nn2c1CCCC2. The van der Waals surface area contributed by atoms with E-state index in [4.69, 9.17) is 14.7 Å². The predicted octanol–water partition coefficient (Wildman–Crippen LogP) is 3.79. The Morgan fingerprint density at radius 1 is 1.09 bits per heavy atom. The number of ether oxygens (including phenoxy) is 2. The highest BCUT2D eigenvalue weighted by Crippen LogP contribution is 2.24. The third-order valence-electron chi connectivity index (χ3n) is 5.53. The first-order valence-corrected chi connectivity index (χ1v) is 10.8. The molecule has 2 heterocycles. The van der Waals surface area contributed by atoms with Crippen molar-refractivity contribution in [2.24, 2.45) is 0 Å². The molecule has 2 aromatic carbocycles. The number of carbonyl (C=O) groups is 2. The monoisotopic (exact) mass is 444 g/mol. The van der Waals surface area contributed by atoms with E-state index in [9.17, 15) is 9.59 Å². The summed E-state index contributed by atoms with van der Waals surface area (Å²) in [7, 11) is 1.35. The maximum absolute atomic E-state index is 12.7. The molecular formula is C25H24N4O4. The highest BCUT2D eigenvalue weighted by atomic mass is 16.5. The van der Waals surface area contributed by atoms with Crippen molar-refractivity contribution in [3.8, 4) is 17.6 Å². The first-order valence-electron chi connectivity index (χ1n) is 10.8. The highest BCUT2D eigenvalue weighted by molar-refractivity contribution is 5.95. The summed E-state index contributed by atoms with van der Waals surface area (Å²) in [5, 5.41) is 16.1. The lowest BCUT2D eigenvalue weighted by atomic mass is 10.0. The maximum atomic E-state index is 12.7. The molecule has 1 aromatic heterocycles. The number of aromatic nitrogens is 2. The van der Waals surface area contributed by atoms with E-state index in [1.54, 1.807) is 36.4 Å². The molecule has 8 nitrogen and oxygen atoms in total. The summed E-state index contributed by atoms with van der Waals surface area (Å²) in [5.74, 6) is 0.538. The summed E-state index contributed by atoms with van der Waals surface area (Å²) in [6.07, 6.45) is 3.14. The van der Waals surface area contributed by atoms with Crippen LogP contribution in [0, 0.1) is 11.3 Å². The zero-order valence-electron chi connectivity index (χ0n) is 18.3. The Bertz CT molecular complexity index is 1190. The van der Waals surface area contributed by atoms with Crippen molar-refractivity contribution < 1.29 is 19.1 Å². The fraction of sp³-hybridized carbons (Fsp3) is 0.280. The number of nitriles is 1. The second kappa shape index (κ2) is 10.0. The minimum Gasteiger partial charge on any atom is -0.465 e. The lowest BCUT2D eigenvalue weighted by molar-refractivity contribution is 0.0597. The Labute approximate surface area is 191 Å². The van der Waals surface area contributed by atoms with Gasteiger partial charge in [0.05, 0.1) is 37.5 Å². The van der Waals surface area contributed by atoms with Gasteiger partial charge in [0.2, 0.25) is 0 Å². The van der Waals surface area contributed by atoms with E-state index in [0.717, 1.165) is 37.1 Å². The molecule has 1 amide bonds. The number of nitrogens with zero attached hydrogens (tertiary/aromatic N) is 3. The largest absolute Gasteiger partial charge is 0.465 e. The van der Waals surface area contributed by atoms with Crippen molar-refractivity contribution in [1.82, 2.24) is 15.1 Å². The van der Waals surface area contributed by atoms with Crippen LogP contribution >= 0.6 is 0 Å². The molecule has 0 unspecified atom stereocenters. The third kappa shape index (κ3) is 5.04. The van der Waals surface area contributed by atoms with E-state index >= 15 is 0 Å². The zero-order chi connectivity index (χ0) is 23.2. The van der Waals surface area contributed by atoms with Crippen molar-refractivity contribution in [2.45, 2.75) is 38.8 Å². The number of carbonyl (C=O) groups excluding carboxylic acids is 2. The lowest BCUT2D eigenvalue weighted by Gasteiger charge is -2.13.